The van der Waals surface area contributed by atoms with Gasteiger partial charge >= 0.3 is 16.5 Å². The SMILES string of the molecule is CCCCCCC1=C(c2cc(CCCC)cc(CCCCC)c2)[N+](=[N-])C(c2cc(CCCC)cc(CCCCC)c2)=C1CCCC.[CH2-]CCCCCCCCCCCCCCCCCC.[CH2-]CCCCCCCCCCCCCCCCCC.[Ni+2]. The molecule has 1 aliphatic heterocycles. The molecule has 0 bridgehead atoms. The van der Waals surface area contributed by atoms with Crippen LogP contribution in [-0.2, 0) is 42.2 Å². The summed E-state index contributed by atoms with van der Waals surface area (Å²) in [6.07, 6.45) is 74.7. The third-order valence-corrected chi connectivity index (χ3v) is 18.1. The van der Waals surface area contributed by atoms with Gasteiger partial charge in [0.1, 0.15) is 0 Å². The third kappa shape index (κ3) is 43.4. The van der Waals surface area contributed by atoms with Gasteiger partial charge in [-0.2, -0.15) is 12.8 Å². The summed E-state index contributed by atoms with van der Waals surface area (Å²) in [6.45, 7) is 26.1. The van der Waals surface area contributed by atoms with Crippen LogP contribution >= 0.6 is 0 Å². The van der Waals surface area contributed by atoms with E-state index in [1.165, 1.54) is 340 Å². The Morgan fingerprint density at radius 3 is 0.694 bits per heavy atom. The van der Waals surface area contributed by atoms with Crippen LogP contribution in [0.5, 0.6) is 0 Å². The van der Waals surface area contributed by atoms with Crippen LogP contribution in [0.15, 0.2) is 47.5 Å². The first-order valence-corrected chi connectivity index (χ1v) is 38.1. The van der Waals surface area contributed by atoms with Crippen LogP contribution in [0.3, 0.4) is 0 Å². The van der Waals surface area contributed by atoms with E-state index >= 15 is 0 Å². The number of benzene rings is 2. The van der Waals surface area contributed by atoms with E-state index in [9.17, 15) is 5.53 Å². The van der Waals surface area contributed by atoms with Gasteiger partial charge in [0.15, 0.2) is 0 Å². The van der Waals surface area contributed by atoms with E-state index in [1.807, 2.05) is 0 Å². The van der Waals surface area contributed by atoms with Crippen LogP contribution in [0.1, 0.15) is 423 Å². The second-order valence-corrected chi connectivity index (χ2v) is 26.4. The van der Waals surface area contributed by atoms with Crippen molar-refractivity contribution in [2.75, 3.05) is 0 Å². The molecule has 1 heterocycles. The van der Waals surface area contributed by atoms with Gasteiger partial charge in [-0.15, -0.1) is 0 Å². The van der Waals surface area contributed by atoms with Gasteiger partial charge in [0, 0.05) is 22.3 Å². The Bertz CT molecular complexity index is 1780. The van der Waals surface area contributed by atoms with Gasteiger partial charge in [-0.25, -0.2) is 4.70 Å². The van der Waals surface area contributed by atoms with Crippen LogP contribution in [0.2, 0.25) is 0 Å². The van der Waals surface area contributed by atoms with Gasteiger partial charge in [0.25, 0.3) is 0 Å². The number of aryl methyl sites for hydroxylation is 4. The average Bonchev–Trinajstić information content (AvgIpc) is 1.97. The Balaban J connectivity index is 0.00000149. The molecule has 0 N–H and O–H groups in total. The van der Waals surface area contributed by atoms with Crippen molar-refractivity contribution in [2.45, 2.75) is 415 Å². The van der Waals surface area contributed by atoms with Gasteiger partial charge in [-0.3, -0.25) is 0 Å². The topological polar surface area (TPSA) is 25.3 Å². The van der Waals surface area contributed by atoms with E-state index in [1.54, 1.807) is 4.70 Å². The molecule has 2 nitrogen and oxygen atoms in total. The molecule has 3 heteroatoms. The number of nitrogens with zero attached hydrogens (tertiary/aromatic N) is 2. The minimum absolute atomic E-state index is 0. The van der Waals surface area contributed by atoms with Crippen molar-refractivity contribution in [3.05, 3.63) is 100 Å². The molecule has 0 amide bonds. The summed E-state index contributed by atoms with van der Waals surface area (Å²) in [7, 11) is 0. The average molecular weight is 1220 g/mol. The number of unbranched alkanes of at least 4 members (excludes halogenated alkanes) is 42. The van der Waals surface area contributed by atoms with E-state index in [2.05, 4.69) is 106 Å². The smallest absolute Gasteiger partial charge is 0.493 e. The zero-order valence-electron chi connectivity index (χ0n) is 58.7. The Hall–Kier alpha value is -1.99. The molecule has 0 fully saturated rings. The number of hydrogen-bond acceptors (Lipinski definition) is 0. The van der Waals surface area contributed by atoms with Crippen molar-refractivity contribution in [3.63, 3.8) is 0 Å². The molecular formula is C82H146N2Ni. The Morgan fingerprint density at radius 1 is 0.247 bits per heavy atom. The van der Waals surface area contributed by atoms with Gasteiger partial charge in [-0.05, 0) is 124 Å². The quantitative estimate of drug-likeness (QED) is 0.0273. The summed E-state index contributed by atoms with van der Waals surface area (Å²) in [6, 6.07) is 14.6. The summed E-state index contributed by atoms with van der Waals surface area (Å²) >= 11 is 0. The molecule has 2 aromatic carbocycles. The van der Waals surface area contributed by atoms with Crippen LogP contribution in [-0.4, -0.2) is 4.70 Å². The van der Waals surface area contributed by atoms with Crippen molar-refractivity contribution < 1.29 is 21.2 Å². The van der Waals surface area contributed by atoms with Crippen LogP contribution in [0.4, 0.5) is 0 Å². The number of hydrogen-bond donors (Lipinski definition) is 0. The second-order valence-electron chi connectivity index (χ2n) is 26.4. The van der Waals surface area contributed by atoms with Gasteiger partial charge < -0.3 is 19.4 Å². The molecule has 494 valence electrons. The molecule has 0 unspecified atom stereocenters. The van der Waals surface area contributed by atoms with E-state index in [0.29, 0.717) is 0 Å². The van der Waals surface area contributed by atoms with Crippen molar-refractivity contribution in [3.8, 4) is 0 Å². The fraction of sp³-hybridized carbons (Fsp3) is 0.780. The monoisotopic (exact) mass is 1220 g/mol. The van der Waals surface area contributed by atoms with Gasteiger partial charge in [0.05, 0.1) is 0 Å². The Labute approximate surface area is 544 Å². The molecular weight excluding hydrogens is 1070 g/mol. The first-order chi connectivity index (χ1) is 41.3. The van der Waals surface area contributed by atoms with E-state index < -0.39 is 0 Å². The van der Waals surface area contributed by atoms with E-state index in [0.717, 1.165) is 75.6 Å². The predicted molar refractivity (Wildman–Crippen MR) is 381 cm³/mol. The van der Waals surface area contributed by atoms with E-state index in [-0.39, 0.29) is 16.5 Å². The summed E-state index contributed by atoms with van der Waals surface area (Å²) in [5.74, 6) is 0. The molecule has 2 aromatic rings. The maximum Gasteiger partial charge on any atom is 2.00 e. The van der Waals surface area contributed by atoms with Crippen molar-refractivity contribution in [1.29, 1.82) is 0 Å². The van der Waals surface area contributed by atoms with Crippen LogP contribution in [0, 0.1) is 13.8 Å². The maximum absolute atomic E-state index is 12.5. The predicted octanol–water partition coefficient (Wildman–Crippen LogP) is 29.1. The fourth-order valence-corrected chi connectivity index (χ4v) is 12.6. The van der Waals surface area contributed by atoms with E-state index in [4.69, 9.17) is 0 Å². The maximum atomic E-state index is 12.5. The standard InChI is InChI=1S/C44H68N2.2C19H39.Ni/c1-7-13-19-22-28-42-41(27-18-12-6)43(39-31-35(23-16-10-4)29-37(33-39)25-20-14-8-2)46(45)44(42)40-32-36(24-17-11-5)30-38(34-40)26-21-15-9-3;2*1-3-5-7-9-11-13-15-17-19-18-16-14-12-10-8-6-4-2;/h29-34H,7-28H2,1-6H3;2*1,3-19H2,2H3;/q;2*-1;+2. The Morgan fingerprint density at radius 2 is 0.435 bits per heavy atom. The van der Waals surface area contributed by atoms with Crippen molar-refractivity contribution in [2.24, 2.45) is 0 Å². The third-order valence-electron chi connectivity index (χ3n) is 18.1. The second kappa shape index (κ2) is 62.2. The molecule has 0 spiro atoms. The molecule has 85 heavy (non-hydrogen) atoms. The minimum Gasteiger partial charge on any atom is -0.493 e. The summed E-state index contributed by atoms with van der Waals surface area (Å²) in [4.78, 5) is 0. The largest absolute Gasteiger partial charge is 2.00 e. The first kappa shape index (κ1) is 83.0. The first-order valence-electron chi connectivity index (χ1n) is 38.1. The van der Waals surface area contributed by atoms with Gasteiger partial charge in [0.2, 0.25) is 11.4 Å². The fourth-order valence-electron chi connectivity index (χ4n) is 12.6. The Kier molecular flexibility index (Phi) is 60.8. The zero-order valence-corrected chi connectivity index (χ0v) is 59.7. The summed E-state index contributed by atoms with van der Waals surface area (Å²) in [5, 5.41) is 0. The molecule has 0 aromatic heterocycles. The molecule has 1 aliphatic rings. The zero-order chi connectivity index (χ0) is 61.2. The molecule has 0 saturated carbocycles. The molecule has 0 saturated heterocycles. The normalized spacial score (nSPS) is 12.2. The van der Waals surface area contributed by atoms with Crippen molar-refractivity contribution >= 4 is 11.4 Å². The summed E-state index contributed by atoms with van der Waals surface area (Å²) in [5.41, 5.74) is 25.6. The molecule has 0 atom stereocenters. The number of rotatable bonds is 56. The minimum atomic E-state index is 0. The number of allylic oxidation sites excluding steroid dienone is 2. The molecule has 0 aliphatic carbocycles. The van der Waals surface area contributed by atoms with Crippen LogP contribution in [0.25, 0.3) is 16.9 Å². The van der Waals surface area contributed by atoms with Crippen molar-refractivity contribution in [1.82, 2.24) is 0 Å². The molecule has 0 radical (unpaired) electrons. The molecule has 3 rings (SSSR count). The van der Waals surface area contributed by atoms with Gasteiger partial charge in [-0.1, -0.05) is 337 Å². The van der Waals surface area contributed by atoms with Crippen LogP contribution < -0.4 is 0 Å². The summed E-state index contributed by atoms with van der Waals surface area (Å²) < 4.78 is 1.66.